The molecule has 0 atom stereocenters. The van der Waals surface area contributed by atoms with Crippen LogP contribution in [-0.4, -0.2) is 0 Å². The highest BCUT2D eigenvalue weighted by Gasteiger charge is 1.96. The van der Waals surface area contributed by atoms with Gasteiger partial charge in [-0.15, -0.1) is 12.6 Å². The van der Waals surface area contributed by atoms with Gasteiger partial charge in [-0.2, -0.15) is 0 Å². The highest BCUT2D eigenvalue weighted by molar-refractivity contribution is 7.80. The number of rotatable bonds is 1. The van der Waals surface area contributed by atoms with Crippen molar-refractivity contribution in [2.75, 3.05) is 0 Å². The number of hydrogen-bond donors (Lipinski definition) is 1. The first kappa shape index (κ1) is 7.96. The summed E-state index contributed by atoms with van der Waals surface area (Å²) in [6.07, 6.45) is 0.966. The van der Waals surface area contributed by atoms with E-state index in [1.165, 1.54) is 0 Å². The van der Waals surface area contributed by atoms with Crippen LogP contribution in [0.4, 0.5) is 0 Å². The summed E-state index contributed by atoms with van der Waals surface area (Å²) in [7, 11) is 0. The molecule has 0 saturated carbocycles. The lowest BCUT2D eigenvalue weighted by Crippen LogP contribution is -1.80. The zero-order chi connectivity index (χ0) is 7.56. The highest BCUT2D eigenvalue weighted by Crippen LogP contribution is 2.19. The summed E-state index contributed by atoms with van der Waals surface area (Å²) < 4.78 is 0. The molecule has 0 nitrogen and oxygen atoms in total. The van der Waals surface area contributed by atoms with E-state index in [0.717, 1.165) is 21.9 Å². The van der Waals surface area contributed by atoms with Crippen molar-refractivity contribution in [3.63, 3.8) is 0 Å². The number of aryl methyl sites for hydroxylation is 1. The second-order valence-corrected chi connectivity index (χ2v) is 3.05. The van der Waals surface area contributed by atoms with E-state index in [9.17, 15) is 0 Å². The maximum Gasteiger partial charge on any atom is 0.0438 e. The van der Waals surface area contributed by atoms with Crippen LogP contribution in [0.2, 0.25) is 5.02 Å². The first-order valence-electron chi connectivity index (χ1n) is 3.21. The van der Waals surface area contributed by atoms with E-state index < -0.39 is 0 Å². The van der Waals surface area contributed by atoms with Gasteiger partial charge in [0.1, 0.15) is 0 Å². The average molecular weight is 173 g/mol. The van der Waals surface area contributed by atoms with Crippen LogP contribution in [0.15, 0.2) is 23.1 Å². The zero-order valence-electron chi connectivity index (χ0n) is 5.76. The molecule has 0 heterocycles. The van der Waals surface area contributed by atoms with Gasteiger partial charge in [-0.3, -0.25) is 0 Å². The quantitative estimate of drug-likeness (QED) is 0.618. The van der Waals surface area contributed by atoms with Crippen LogP contribution >= 0.6 is 24.2 Å². The third-order valence-corrected chi connectivity index (χ3v) is 2.06. The van der Waals surface area contributed by atoms with Crippen molar-refractivity contribution in [2.24, 2.45) is 0 Å². The maximum atomic E-state index is 5.86. The fourth-order valence-corrected chi connectivity index (χ4v) is 1.31. The van der Waals surface area contributed by atoms with E-state index in [0.29, 0.717) is 0 Å². The Bertz CT molecular complexity index is 233. The Kier molecular flexibility index (Phi) is 2.64. The summed E-state index contributed by atoms with van der Waals surface area (Å²) >= 11 is 10.1. The predicted molar refractivity (Wildman–Crippen MR) is 48.1 cm³/mol. The van der Waals surface area contributed by atoms with Gasteiger partial charge in [0.15, 0.2) is 0 Å². The molecule has 0 aliphatic heterocycles. The highest BCUT2D eigenvalue weighted by atomic mass is 35.5. The minimum absolute atomic E-state index is 0.834. The molecule has 1 aromatic carbocycles. The Morgan fingerprint density at radius 3 is 2.70 bits per heavy atom. The normalized spacial score (nSPS) is 9.90. The standard InChI is InChI=1S/C8H9ClS/c1-2-6-5-7(10)3-4-8(6)9/h3-5,10H,2H2,1H3. The molecule has 0 saturated heterocycles. The van der Waals surface area contributed by atoms with Crippen LogP contribution in [0.25, 0.3) is 0 Å². The van der Waals surface area contributed by atoms with Crippen LogP contribution in [0.1, 0.15) is 12.5 Å². The number of thiol groups is 1. The van der Waals surface area contributed by atoms with Gasteiger partial charge in [-0.1, -0.05) is 18.5 Å². The summed E-state index contributed by atoms with van der Waals surface area (Å²) in [6, 6.07) is 5.76. The average Bonchev–Trinajstić information content (AvgIpc) is 1.94. The van der Waals surface area contributed by atoms with Crippen molar-refractivity contribution < 1.29 is 0 Å². The molecule has 0 spiro atoms. The van der Waals surface area contributed by atoms with E-state index in [-0.39, 0.29) is 0 Å². The smallest absolute Gasteiger partial charge is 0.0438 e. The van der Waals surface area contributed by atoms with Gasteiger partial charge in [0, 0.05) is 9.92 Å². The van der Waals surface area contributed by atoms with Gasteiger partial charge >= 0.3 is 0 Å². The Morgan fingerprint density at radius 2 is 2.20 bits per heavy atom. The van der Waals surface area contributed by atoms with Crippen molar-refractivity contribution in [3.8, 4) is 0 Å². The number of halogens is 1. The molecule has 54 valence electrons. The molecular formula is C8H9ClS. The second kappa shape index (κ2) is 3.31. The van der Waals surface area contributed by atoms with Crippen LogP contribution in [0.5, 0.6) is 0 Å². The molecule has 1 rings (SSSR count). The van der Waals surface area contributed by atoms with Gasteiger partial charge in [-0.25, -0.2) is 0 Å². The third kappa shape index (κ3) is 1.68. The topological polar surface area (TPSA) is 0 Å². The van der Waals surface area contributed by atoms with Crippen molar-refractivity contribution in [2.45, 2.75) is 18.2 Å². The van der Waals surface area contributed by atoms with Crippen molar-refractivity contribution in [3.05, 3.63) is 28.8 Å². The van der Waals surface area contributed by atoms with Gasteiger partial charge in [0.05, 0.1) is 0 Å². The zero-order valence-corrected chi connectivity index (χ0v) is 7.41. The minimum Gasteiger partial charge on any atom is -0.143 e. The van der Waals surface area contributed by atoms with Crippen LogP contribution in [-0.2, 0) is 6.42 Å². The molecule has 0 aromatic heterocycles. The molecule has 0 aliphatic carbocycles. The summed E-state index contributed by atoms with van der Waals surface area (Å²) in [4.78, 5) is 0.973. The number of hydrogen-bond acceptors (Lipinski definition) is 1. The Morgan fingerprint density at radius 1 is 1.50 bits per heavy atom. The van der Waals surface area contributed by atoms with Gasteiger partial charge in [0.2, 0.25) is 0 Å². The lowest BCUT2D eigenvalue weighted by atomic mass is 10.2. The van der Waals surface area contributed by atoms with E-state index >= 15 is 0 Å². The van der Waals surface area contributed by atoms with Crippen LogP contribution in [0.3, 0.4) is 0 Å². The third-order valence-electron chi connectivity index (χ3n) is 1.41. The Labute approximate surface area is 71.6 Å². The fourth-order valence-electron chi connectivity index (χ4n) is 0.832. The molecule has 1 aromatic rings. The van der Waals surface area contributed by atoms with Crippen molar-refractivity contribution in [1.82, 2.24) is 0 Å². The lowest BCUT2D eigenvalue weighted by molar-refractivity contribution is 1.12. The van der Waals surface area contributed by atoms with Gasteiger partial charge < -0.3 is 0 Å². The summed E-state index contributed by atoms with van der Waals surface area (Å²) in [6.45, 7) is 2.08. The van der Waals surface area contributed by atoms with Crippen LogP contribution in [0, 0.1) is 0 Å². The Hall–Kier alpha value is -0.140. The molecule has 0 bridgehead atoms. The van der Waals surface area contributed by atoms with Crippen molar-refractivity contribution in [1.29, 1.82) is 0 Å². The second-order valence-electron chi connectivity index (χ2n) is 2.13. The molecule has 0 fully saturated rings. The fraction of sp³-hybridized carbons (Fsp3) is 0.250. The largest absolute Gasteiger partial charge is 0.143 e. The first-order valence-corrected chi connectivity index (χ1v) is 4.04. The SMILES string of the molecule is CCc1cc(S)ccc1Cl. The van der Waals surface area contributed by atoms with Gasteiger partial charge in [0.25, 0.3) is 0 Å². The molecule has 0 radical (unpaired) electrons. The van der Waals surface area contributed by atoms with E-state index in [2.05, 4.69) is 19.6 Å². The van der Waals surface area contributed by atoms with E-state index in [1.807, 2.05) is 18.2 Å². The monoisotopic (exact) mass is 172 g/mol. The summed E-state index contributed by atoms with van der Waals surface area (Å²) in [5.41, 5.74) is 1.16. The minimum atomic E-state index is 0.834. The van der Waals surface area contributed by atoms with E-state index in [4.69, 9.17) is 11.6 Å². The molecule has 2 heteroatoms. The maximum absolute atomic E-state index is 5.86. The van der Waals surface area contributed by atoms with Gasteiger partial charge in [-0.05, 0) is 30.2 Å². The molecule has 0 amide bonds. The lowest BCUT2D eigenvalue weighted by Gasteiger charge is -1.99. The summed E-state index contributed by atoms with van der Waals surface area (Å²) in [5.74, 6) is 0. The van der Waals surface area contributed by atoms with Crippen molar-refractivity contribution >= 4 is 24.2 Å². The molecule has 0 unspecified atom stereocenters. The molecule has 0 N–H and O–H groups in total. The predicted octanol–water partition coefficient (Wildman–Crippen LogP) is 3.19. The summed E-state index contributed by atoms with van der Waals surface area (Å²) in [5, 5.41) is 0.834. The van der Waals surface area contributed by atoms with Crippen LogP contribution < -0.4 is 0 Å². The number of benzene rings is 1. The van der Waals surface area contributed by atoms with E-state index in [1.54, 1.807) is 0 Å². The molecular weight excluding hydrogens is 164 g/mol. The molecule has 10 heavy (non-hydrogen) atoms. The molecule has 0 aliphatic rings. The first-order chi connectivity index (χ1) is 4.74. The Balaban J connectivity index is 3.09.